The van der Waals surface area contributed by atoms with Gasteiger partial charge >= 0.3 is 0 Å². The molecule has 2 aromatic carbocycles. The van der Waals surface area contributed by atoms with Crippen molar-refractivity contribution in [1.29, 1.82) is 0 Å². The second-order valence-corrected chi connectivity index (χ2v) is 9.54. The molecular weight excluding hydrogens is 442 g/mol. The molecule has 3 heterocycles. The van der Waals surface area contributed by atoms with Gasteiger partial charge in [-0.15, -0.1) is 0 Å². The topological polar surface area (TPSA) is 128 Å². The maximum Gasteiger partial charge on any atom is 0.283 e. The Morgan fingerprint density at radius 1 is 0.909 bits per heavy atom. The summed E-state index contributed by atoms with van der Waals surface area (Å²) in [5.74, 6) is -0.719. The number of nitrogens with zero attached hydrogens (tertiary/aromatic N) is 4. The van der Waals surface area contributed by atoms with Gasteiger partial charge in [0.2, 0.25) is 0 Å². The Morgan fingerprint density at radius 2 is 1.55 bits per heavy atom. The van der Waals surface area contributed by atoms with Crippen molar-refractivity contribution >= 4 is 32.7 Å². The third-order valence-corrected chi connectivity index (χ3v) is 7.13. The molecule has 1 aliphatic heterocycles. The van der Waals surface area contributed by atoms with Gasteiger partial charge in [-0.3, -0.25) is 19.5 Å². The molecule has 33 heavy (non-hydrogen) atoms. The fourth-order valence-electron chi connectivity index (χ4n) is 3.92. The van der Waals surface area contributed by atoms with E-state index in [0.717, 1.165) is 8.99 Å². The van der Waals surface area contributed by atoms with Gasteiger partial charge in [-0.25, -0.2) is 0 Å². The highest BCUT2D eigenvalue weighted by molar-refractivity contribution is 7.90. The molecule has 0 unspecified atom stereocenters. The number of hydrogen-bond acceptors (Lipinski definition) is 7. The summed E-state index contributed by atoms with van der Waals surface area (Å²) in [6, 6.07) is 15.9. The van der Waals surface area contributed by atoms with Gasteiger partial charge in [-0.1, -0.05) is 30.3 Å². The molecule has 9 nitrogen and oxygen atoms in total. The lowest BCUT2D eigenvalue weighted by Gasteiger charge is -2.19. The maximum absolute atomic E-state index is 12.9. The minimum Gasteiger partial charge on any atom is -0.326 e. The van der Waals surface area contributed by atoms with E-state index >= 15 is 0 Å². The molecule has 166 valence electrons. The first-order chi connectivity index (χ1) is 15.9. The summed E-state index contributed by atoms with van der Waals surface area (Å²) in [5, 5.41) is 4.64. The molecule has 0 aliphatic carbocycles. The lowest BCUT2D eigenvalue weighted by atomic mass is 10.1. The Morgan fingerprint density at radius 3 is 2.21 bits per heavy atom. The standard InChI is InChI=1S/C23H19N5O4S/c24-16(14-27-22(29)19-8-4-5-9-20(19)23(27)30)11-17-10-15-12-26-28(21(15)13-25-17)33(31,32)18-6-2-1-3-7-18/h1-10,12-13,16H,11,14,24H2/t16-/m0/s1. The van der Waals surface area contributed by atoms with E-state index in [9.17, 15) is 18.0 Å². The van der Waals surface area contributed by atoms with Crippen LogP contribution in [-0.2, 0) is 16.4 Å². The van der Waals surface area contributed by atoms with Gasteiger partial charge in [-0.2, -0.15) is 17.6 Å². The fraction of sp³-hybridized carbons (Fsp3) is 0.130. The Bertz CT molecular complexity index is 1460. The first-order valence-electron chi connectivity index (χ1n) is 10.2. The van der Waals surface area contributed by atoms with Crippen LogP contribution in [0.2, 0.25) is 0 Å². The zero-order valence-electron chi connectivity index (χ0n) is 17.3. The molecule has 2 amide bonds. The summed E-state index contributed by atoms with van der Waals surface area (Å²) in [5.41, 5.74) is 7.93. The summed E-state index contributed by atoms with van der Waals surface area (Å²) < 4.78 is 26.8. The summed E-state index contributed by atoms with van der Waals surface area (Å²) in [7, 11) is -3.85. The molecule has 2 N–H and O–H groups in total. The second kappa shape index (κ2) is 7.91. The van der Waals surface area contributed by atoms with Crippen LogP contribution in [0.15, 0.2) is 78.0 Å². The number of fused-ring (bicyclic) bond motifs is 2. The van der Waals surface area contributed by atoms with Gasteiger partial charge in [0.25, 0.3) is 21.8 Å². The normalized spacial score (nSPS) is 14.6. The van der Waals surface area contributed by atoms with Crippen molar-refractivity contribution in [3.8, 4) is 0 Å². The van der Waals surface area contributed by atoms with Crippen molar-refractivity contribution in [2.45, 2.75) is 17.4 Å². The minimum atomic E-state index is -3.85. The van der Waals surface area contributed by atoms with E-state index in [1.165, 1.54) is 24.5 Å². The third-order valence-electron chi connectivity index (χ3n) is 5.51. The molecule has 0 saturated carbocycles. The largest absolute Gasteiger partial charge is 0.326 e. The molecule has 1 atom stereocenters. The average molecular weight is 462 g/mol. The summed E-state index contributed by atoms with van der Waals surface area (Å²) in [6.45, 7) is 0.0493. The Kier molecular flexibility index (Phi) is 5.03. The second-order valence-electron chi connectivity index (χ2n) is 7.77. The zero-order chi connectivity index (χ0) is 23.2. The first kappa shape index (κ1) is 21.0. The summed E-state index contributed by atoms with van der Waals surface area (Å²) in [4.78, 5) is 30.7. The van der Waals surface area contributed by atoms with Crippen LogP contribution >= 0.6 is 0 Å². The van der Waals surface area contributed by atoms with E-state index in [-0.39, 0.29) is 23.3 Å². The number of rotatable bonds is 6. The van der Waals surface area contributed by atoms with E-state index in [1.54, 1.807) is 48.5 Å². The van der Waals surface area contributed by atoms with Crippen molar-refractivity contribution in [1.82, 2.24) is 19.1 Å². The lowest BCUT2D eigenvalue weighted by molar-refractivity contribution is 0.0644. The zero-order valence-corrected chi connectivity index (χ0v) is 18.1. The van der Waals surface area contributed by atoms with Crippen LogP contribution in [0, 0.1) is 0 Å². The number of nitrogens with two attached hydrogens (primary N) is 1. The van der Waals surface area contributed by atoms with Crippen molar-refractivity contribution in [2.75, 3.05) is 6.54 Å². The van der Waals surface area contributed by atoms with E-state index in [0.29, 0.717) is 34.1 Å². The predicted molar refractivity (Wildman–Crippen MR) is 120 cm³/mol. The SMILES string of the molecule is N[C@@H](Cc1cc2cnn(S(=O)(=O)c3ccccc3)c2cn1)CN1C(=O)c2ccccc2C1=O. The van der Waals surface area contributed by atoms with E-state index in [4.69, 9.17) is 5.73 Å². The van der Waals surface area contributed by atoms with Gasteiger partial charge in [-0.05, 0) is 30.3 Å². The van der Waals surface area contributed by atoms with Gasteiger partial charge in [0.1, 0.15) is 5.52 Å². The van der Waals surface area contributed by atoms with Crippen LogP contribution in [0.1, 0.15) is 26.4 Å². The van der Waals surface area contributed by atoms with Crippen LogP contribution in [0.25, 0.3) is 10.9 Å². The number of benzene rings is 2. The Labute approximate surface area is 189 Å². The van der Waals surface area contributed by atoms with Gasteiger partial charge in [0, 0.05) is 30.1 Å². The number of hydrogen-bond donors (Lipinski definition) is 1. The molecule has 2 aromatic heterocycles. The molecule has 0 spiro atoms. The number of amides is 2. The number of pyridine rings is 1. The number of carbonyl (C=O) groups excluding carboxylic acids is 2. The van der Waals surface area contributed by atoms with Crippen LogP contribution in [0.3, 0.4) is 0 Å². The van der Waals surface area contributed by atoms with Crippen molar-refractivity contribution in [2.24, 2.45) is 5.73 Å². The lowest BCUT2D eigenvalue weighted by Crippen LogP contribution is -2.42. The smallest absolute Gasteiger partial charge is 0.283 e. The quantitative estimate of drug-likeness (QED) is 0.434. The van der Waals surface area contributed by atoms with Crippen LogP contribution < -0.4 is 5.73 Å². The van der Waals surface area contributed by atoms with Gasteiger partial charge in [0.05, 0.1) is 28.4 Å². The first-order valence-corrected chi connectivity index (χ1v) is 11.6. The molecule has 5 rings (SSSR count). The fourth-order valence-corrected chi connectivity index (χ4v) is 5.20. The number of aromatic nitrogens is 3. The van der Waals surface area contributed by atoms with Crippen LogP contribution in [0.4, 0.5) is 0 Å². The van der Waals surface area contributed by atoms with Crippen molar-refractivity contribution < 1.29 is 18.0 Å². The maximum atomic E-state index is 12.9. The van der Waals surface area contributed by atoms with Crippen molar-refractivity contribution in [3.63, 3.8) is 0 Å². The highest BCUT2D eigenvalue weighted by Crippen LogP contribution is 2.23. The summed E-state index contributed by atoms with van der Waals surface area (Å²) in [6.07, 6.45) is 3.18. The van der Waals surface area contributed by atoms with E-state index < -0.39 is 16.1 Å². The van der Waals surface area contributed by atoms with Gasteiger partial charge < -0.3 is 5.73 Å². The monoisotopic (exact) mass is 461 g/mol. The van der Waals surface area contributed by atoms with Crippen molar-refractivity contribution in [3.05, 3.63) is 89.9 Å². The Balaban J connectivity index is 1.35. The molecule has 10 heteroatoms. The molecular formula is C23H19N5O4S. The van der Waals surface area contributed by atoms with Crippen LogP contribution in [-0.4, -0.2) is 51.9 Å². The highest BCUT2D eigenvalue weighted by atomic mass is 32.2. The molecule has 0 bridgehead atoms. The molecule has 0 fully saturated rings. The van der Waals surface area contributed by atoms with Crippen LogP contribution in [0.5, 0.6) is 0 Å². The molecule has 0 saturated heterocycles. The third kappa shape index (κ3) is 3.59. The number of carbonyl (C=O) groups is 2. The van der Waals surface area contributed by atoms with E-state index in [1.807, 2.05) is 0 Å². The summed E-state index contributed by atoms with van der Waals surface area (Å²) >= 11 is 0. The Hall–Kier alpha value is -3.89. The molecule has 1 aliphatic rings. The highest BCUT2D eigenvalue weighted by Gasteiger charge is 2.35. The average Bonchev–Trinajstić information content (AvgIpc) is 3.35. The number of imide groups is 1. The predicted octanol–water partition coefficient (Wildman–Crippen LogP) is 1.83. The minimum absolute atomic E-state index is 0.0493. The van der Waals surface area contributed by atoms with Gasteiger partial charge in [0.15, 0.2) is 0 Å². The molecule has 0 radical (unpaired) electrons. The molecule has 4 aromatic rings. The van der Waals surface area contributed by atoms with E-state index in [2.05, 4.69) is 10.1 Å².